The van der Waals surface area contributed by atoms with Gasteiger partial charge in [0.1, 0.15) is 5.75 Å². The predicted molar refractivity (Wildman–Crippen MR) is 78.1 cm³/mol. The molecular weight excluding hydrogens is 274 g/mol. The molecule has 0 saturated heterocycles. The zero-order chi connectivity index (χ0) is 14.6. The first-order valence-corrected chi connectivity index (χ1v) is 7.73. The van der Waals surface area contributed by atoms with Crippen LogP contribution in [0.5, 0.6) is 5.75 Å². The number of nitrogens with zero attached hydrogens (tertiary/aromatic N) is 1. The number of hydrogen-bond acceptors (Lipinski definition) is 3. The fraction of sp³-hybridized carbons (Fsp3) is 0.200. The molecule has 2 aromatic rings. The topological polar surface area (TPSA) is 57.6 Å². The average molecular weight is 291 g/mol. The minimum atomic E-state index is -3.56. The van der Waals surface area contributed by atoms with E-state index >= 15 is 0 Å². The van der Waals surface area contributed by atoms with Gasteiger partial charge in [0, 0.05) is 13.6 Å². The van der Waals surface area contributed by atoms with Crippen LogP contribution in [-0.4, -0.2) is 31.4 Å². The van der Waals surface area contributed by atoms with Crippen molar-refractivity contribution in [3.05, 3.63) is 60.2 Å². The molecule has 0 atom stereocenters. The fourth-order valence-corrected chi connectivity index (χ4v) is 3.09. The van der Waals surface area contributed by atoms with Gasteiger partial charge in [0.05, 0.1) is 4.90 Å². The Labute approximate surface area is 119 Å². The second-order valence-electron chi connectivity index (χ2n) is 4.56. The number of aromatic hydroxyl groups is 1. The summed E-state index contributed by atoms with van der Waals surface area (Å²) in [7, 11) is -2.01. The summed E-state index contributed by atoms with van der Waals surface area (Å²) in [5, 5.41) is 9.38. The summed E-state index contributed by atoms with van der Waals surface area (Å²) in [4.78, 5) is 0.105. The Morgan fingerprint density at radius 3 is 2.40 bits per heavy atom. The van der Waals surface area contributed by atoms with Crippen LogP contribution in [0, 0.1) is 0 Å². The Bertz CT molecular complexity index is 669. The SMILES string of the molecule is CN(CCc1ccccc1)S(=O)(=O)c1cccc(O)c1. The van der Waals surface area contributed by atoms with Gasteiger partial charge in [-0.2, -0.15) is 0 Å². The van der Waals surface area contributed by atoms with Crippen molar-refractivity contribution < 1.29 is 13.5 Å². The molecule has 0 aromatic heterocycles. The van der Waals surface area contributed by atoms with Crippen LogP contribution >= 0.6 is 0 Å². The van der Waals surface area contributed by atoms with E-state index in [0.29, 0.717) is 13.0 Å². The van der Waals surface area contributed by atoms with E-state index in [1.165, 1.54) is 28.6 Å². The summed E-state index contributed by atoms with van der Waals surface area (Å²) < 4.78 is 25.9. The first kappa shape index (κ1) is 14.6. The van der Waals surface area contributed by atoms with Crippen LogP contribution in [0.2, 0.25) is 0 Å². The quantitative estimate of drug-likeness (QED) is 0.919. The van der Waals surface area contributed by atoms with Gasteiger partial charge in [0.2, 0.25) is 10.0 Å². The van der Waals surface area contributed by atoms with E-state index in [2.05, 4.69) is 0 Å². The van der Waals surface area contributed by atoms with Crippen LogP contribution in [-0.2, 0) is 16.4 Å². The lowest BCUT2D eigenvalue weighted by Gasteiger charge is -2.17. The molecule has 106 valence electrons. The number of sulfonamides is 1. The summed E-state index contributed by atoms with van der Waals surface area (Å²) >= 11 is 0. The van der Waals surface area contributed by atoms with Gasteiger partial charge in [0.25, 0.3) is 0 Å². The maximum absolute atomic E-state index is 12.3. The number of rotatable bonds is 5. The summed E-state index contributed by atoms with van der Waals surface area (Å²) in [6, 6.07) is 15.4. The van der Waals surface area contributed by atoms with Crippen molar-refractivity contribution in [1.82, 2.24) is 4.31 Å². The minimum Gasteiger partial charge on any atom is -0.508 e. The van der Waals surface area contributed by atoms with Crippen molar-refractivity contribution in [3.8, 4) is 5.75 Å². The molecule has 0 aliphatic rings. The monoisotopic (exact) mass is 291 g/mol. The number of likely N-dealkylation sites (N-methyl/N-ethyl adjacent to an activating group) is 1. The molecule has 0 amide bonds. The minimum absolute atomic E-state index is 0.0532. The van der Waals surface area contributed by atoms with E-state index in [1.807, 2.05) is 30.3 Å². The summed E-state index contributed by atoms with van der Waals surface area (Å²) in [5.74, 6) is -0.0532. The lowest BCUT2D eigenvalue weighted by atomic mass is 10.2. The smallest absolute Gasteiger partial charge is 0.242 e. The molecular formula is C15H17NO3S. The van der Waals surface area contributed by atoms with Gasteiger partial charge >= 0.3 is 0 Å². The summed E-state index contributed by atoms with van der Waals surface area (Å²) in [6.07, 6.45) is 0.648. The van der Waals surface area contributed by atoms with E-state index < -0.39 is 10.0 Å². The number of phenols is 1. The number of phenolic OH excluding ortho intramolecular Hbond substituents is 1. The maximum Gasteiger partial charge on any atom is 0.242 e. The van der Waals surface area contributed by atoms with E-state index in [9.17, 15) is 13.5 Å². The largest absolute Gasteiger partial charge is 0.508 e. The summed E-state index contributed by atoms with van der Waals surface area (Å²) in [6.45, 7) is 0.391. The number of benzene rings is 2. The Hall–Kier alpha value is -1.85. The van der Waals surface area contributed by atoms with Gasteiger partial charge < -0.3 is 5.11 Å². The Morgan fingerprint density at radius 1 is 1.05 bits per heavy atom. The van der Waals surface area contributed by atoms with E-state index in [-0.39, 0.29) is 10.6 Å². The van der Waals surface area contributed by atoms with Gasteiger partial charge in [-0.3, -0.25) is 0 Å². The molecule has 0 fully saturated rings. The lowest BCUT2D eigenvalue weighted by molar-refractivity contribution is 0.463. The molecule has 0 saturated carbocycles. The average Bonchev–Trinajstić information content (AvgIpc) is 2.45. The first-order valence-electron chi connectivity index (χ1n) is 6.29. The molecule has 0 radical (unpaired) electrons. The van der Waals surface area contributed by atoms with Crippen LogP contribution < -0.4 is 0 Å². The van der Waals surface area contributed by atoms with E-state index in [0.717, 1.165) is 5.56 Å². The zero-order valence-corrected chi connectivity index (χ0v) is 12.0. The second kappa shape index (κ2) is 6.07. The van der Waals surface area contributed by atoms with Crippen LogP contribution in [0.3, 0.4) is 0 Å². The standard InChI is InChI=1S/C15H17NO3S/c1-16(11-10-13-6-3-2-4-7-13)20(18,19)15-9-5-8-14(17)12-15/h2-9,12,17H,10-11H2,1H3. The van der Waals surface area contributed by atoms with Crippen molar-refractivity contribution >= 4 is 10.0 Å². The Balaban J connectivity index is 2.10. The highest BCUT2D eigenvalue weighted by atomic mass is 32.2. The van der Waals surface area contributed by atoms with Crippen molar-refractivity contribution in [2.45, 2.75) is 11.3 Å². The van der Waals surface area contributed by atoms with Gasteiger partial charge in [0.15, 0.2) is 0 Å². The number of hydrogen-bond donors (Lipinski definition) is 1. The van der Waals surface area contributed by atoms with E-state index in [4.69, 9.17) is 0 Å². The predicted octanol–water partition coefficient (Wildman–Crippen LogP) is 2.26. The first-order chi connectivity index (χ1) is 9.50. The molecule has 5 heteroatoms. The van der Waals surface area contributed by atoms with Gasteiger partial charge in [-0.05, 0) is 30.2 Å². The van der Waals surface area contributed by atoms with Crippen LogP contribution in [0.4, 0.5) is 0 Å². The molecule has 0 aliphatic heterocycles. The van der Waals surface area contributed by atoms with Crippen molar-refractivity contribution in [1.29, 1.82) is 0 Å². The molecule has 0 aliphatic carbocycles. The molecule has 0 spiro atoms. The van der Waals surface area contributed by atoms with Gasteiger partial charge in [-0.1, -0.05) is 36.4 Å². The maximum atomic E-state index is 12.3. The van der Waals surface area contributed by atoms with Crippen molar-refractivity contribution in [2.75, 3.05) is 13.6 Å². The zero-order valence-electron chi connectivity index (χ0n) is 11.2. The molecule has 2 rings (SSSR count). The highest BCUT2D eigenvalue weighted by Crippen LogP contribution is 2.19. The molecule has 0 bridgehead atoms. The van der Waals surface area contributed by atoms with Gasteiger partial charge in [-0.15, -0.1) is 0 Å². The van der Waals surface area contributed by atoms with Crippen molar-refractivity contribution in [3.63, 3.8) is 0 Å². The molecule has 2 aromatic carbocycles. The third kappa shape index (κ3) is 3.37. The normalized spacial score (nSPS) is 11.7. The van der Waals surface area contributed by atoms with Crippen molar-refractivity contribution in [2.24, 2.45) is 0 Å². The molecule has 1 N–H and O–H groups in total. The Kier molecular flexibility index (Phi) is 4.42. The van der Waals surface area contributed by atoms with Gasteiger partial charge in [-0.25, -0.2) is 12.7 Å². The highest BCUT2D eigenvalue weighted by Gasteiger charge is 2.20. The third-order valence-electron chi connectivity index (χ3n) is 3.08. The third-order valence-corrected chi connectivity index (χ3v) is 4.94. The molecule has 20 heavy (non-hydrogen) atoms. The Morgan fingerprint density at radius 2 is 1.75 bits per heavy atom. The fourth-order valence-electron chi connectivity index (χ4n) is 1.88. The van der Waals surface area contributed by atoms with Crippen LogP contribution in [0.1, 0.15) is 5.56 Å². The van der Waals surface area contributed by atoms with Crippen LogP contribution in [0.25, 0.3) is 0 Å². The lowest BCUT2D eigenvalue weighted by Crippen LogP contribution is -2.29. The second-order valence-corrected chi connectivity index (χ2v) is 6.60. The highest BCUT2D eigenvalue weighted by molar-refractivity contribution is 7.89. The molecule has 4 nitrogen and oxygen atoms in total. The summed E-state index contributed by atoms with van der Waals surface area (Å²) in [5.41, 5.74) is 1.09. The molecule has 0 unspecified atom stereocenters. The molecule has 0 heterocycles. The van der Waals surface area contributed by atoms with E-state index in [1.54, 1.807) is 7.05 Å². The van der Waals surface area contributed by atoms with Crippen LogP contribution in [0.15, 0.2) is 59.5 Å².